The molecule has 1 unspecified atom stereocenters. The largest absolute Gasteiger partial charge is 0.471 e. The van der Waals surface area contributed by atoms with Gasteiger partial charge in [0.15, 0.2) is 0 Å². The maximum atomic E-state index is 13.0. The SMILES string of the molecule is CS(=O)(=NC(=O)c1ccc(-c2noc(C(F)(F)F)n2)cc1)c1ccc(F)cc1. The van der Waals surface area contributed by atoms with E-state index >= 15 is 0 Å². The maximum absolute atomic E-state index is 13.0. The number of aromatic nitrogens is 2. The molecule has 0 aliphatic heterocycles. The van der Waals surface area contributed by atoms with Crippen LogP contribution in [-0.4, -0.2) is 26.5 Å². The number of halogens is 4. The van der Waals surface area contributed by atoms with Gasteiger partial charge >= 0.3 is 12.1 Å². The van der Waals surface area contributed by atoms with E-state index in [0.717, 1.165) is 12.1 Å². The van der Waals surface area contributed by atoms with Crippen LogP contribution >= 0.6 is 0 Å². The van der Waals surface area contributed by atoms with E-state index in [0.29, 0.717) is 0 Å². The van der Waals surface area contributed by atoms with Crippen molar-refractivity contribution in [3.8, 4) is 11.4 Å². The number of carbonyl (C=O) groups is 1. The molecule has 0 saturated carbocycles. The van der Waals surface area contributed by atoms with Gasteiger partial charge in [0.25, 0.3) is 5.91 Å². The second-order valence-electron chi connectivity index (χ2n) is 5.65. The summed E-state index contributed by atoms with van der Waals surface area (Å²) in [5.74, 6) is -3.10. The van der Waals surface area contributed by atoms with Crippen LogP contribution in [0.5, 0.6) is 0 Å². The van der Waals surface area contributed by atoms with E-state index in [1.807, 2.05) is 0 Å². The summed E-state index contributed by atoms with van der Waals surface area (Å²) in [5.41, 5.74) is 0.242. The molecule has 1 atom stereocenters. The van der Waals surface area contributed by atoms with Crippen molar-refractivity contribution in [1.82, 2.24) is 10.1 Å². The van der Waals surface area contributed by atoms with Crippen molar-refractivity contribution in [3.05, 3.63) is 65.8 Å². The normalized spacial score (nSPS) is 13.8. The van der Waals surface area contributed by atoms with E-state index in [4.69, 9.17) is 0 Å². The summed E-state index contributed by atoms with van der Waals surface area (Å²) in [7, 11) is -3.11. The number of benzene rings is 2. The van der Waals surface area contributed by atoms with Crippen molar-refractivity contribution in [2.45, 2.75) is 11.1 Å². The highest BCUT2D eigenvalue weighted by Crippen LogP contribution is 2.29. The zero-order valence-corrected chi connectivity index (χ0v) is 14.9. The second kappa shape index (κ2) is 7.15. The molecule has 3 aromatic rings. The van der Waals surface area contributed by atoms with Gasteiger partial charge in [-0.15, -0.1) is 0 Å². The van der Waals surface area contributed by atoms with Crippen LogP contribution in [0.3, 0.4) is 0 Å². The van der Waals surface area contributed by atoms with Gasteiger partial charge in [-0.3, -0.25) is 4.79 Å². The predicted octanol–water partition coefficient (Wildman–Crippen LogP) is 4.19. The Labute approximate surface area is 156 Å². The first-order valence-corrected chi connectivity index (χ1v) is 9.52. The average molecular weight is 413 g/mol. The quantitative estimate of drug-likeness (QED) is 0.601. The lowest BCUT2D eigenvalue weighted by Gasteiger charge is -2.04. The Morgan fingerprint density at radius 1 is 1.07 bits per heavy atom. The molecule has 3 rings (SSSR count). The lowest BCUT2D eigenvalue weighted by atomic mass is 10.1. The lowest BCUT2D eigenvalue weighted by Crippen LogP contribution is -2.05. The first kappa shape index (κ1) is 19.7. The highest BCUT2D eigenvalue weighted by Gasteiger charge is 2.38. The van der Waals surface area contributed by atoms with Crippen LogP contribution in [0, 0.1) is 5.82 Å². The minimum atomic E-state index is -4.76. The molecule has 1 amide bonds. The van der Waals surface area contributed by atoms with Gasteiger partial charge < -0.3 is 4.52 Å². The van der Waals surface area contributed by atoms with Gasteiger partial charge in [-0.25, -0.2) is 8.60 Å². The van der Waals surface area contributed by atoms with E-state index in [1.54, 1.807) is 0 Å². The van der Waals surface area contributed by atoms with Crippen molar-refractivity contribution in [3.63, 3.8) is 0 Å². The summed E-state index contributed by atoms with van der Waals surface area (Å²) in [4.78, 5) is 15.7. The number of nitrogens with zero attached hydrogens (tertiary/aromatic N) is 3. The monoisotopic (exact) mass is 413 g/mol. The molecule has 0 radical (unpaired) electrons. The number of rotatable bonds is 3. The lowest BCUT2D eigenvalue weighted by molar-refractivity contribution is -0.159. The standard InChI is InChI=1S/C17H11F4N3O3S/c1-28(26,13-8-6-12(18)7-9-13)24-15(25)11-4-2-10(3-5-11)14-22-16(27-23-14)17(19,20)21/h2-9H,1H3. The molecule has 146 valence electrons. The van der Waals surface area contributed by atoms with Gasteiger partial charge in [0.2, 0.25) is 5.82 Å². The van der Waals surface area contributed by atoms with Crippen LogP contribution in [0.2, 0.25) is 0 Å². The maximum Gasteiger partial charge on any atom is 0.471 e. The Balaban J connectivity index is 1.85. The van der Waals surface area contributed by atoms with Crippen LogP contribution in [0.25, 0.3) is 11.4 Å². The first-order chi connectivity index (χ1) is 13.1. The van der Waals surface area contributed by atoms with Crippen LogP contribution in [0.4, 0.5) is 17.6 Å². The smallest absolute Gasteiger partial charge is 0.329 e. The van der Waals surface area contributed by atoms with Gasteiger partial charge in [-0.1, -0.05) is 17.3 Å². The zero-order chi connectivity index (χ0) is 20.5. The molecular formula is C17H11F4N3O3S. The van der Waals surface area contributed by atoms with Crippen molar-refractivity contribution in [2.24, 2.45) is 4.36 Å². The molecule has 0 fully saturated rings. The van der Waals surface area contributed by atoms with Gasteiger partial charge in [0.1, 0.15) is 5.82 Å². The number of hydrogen-bond donors (Lipinski definition) is 0. The summed E-state index contributed by atoms with van der Waals surface area (Å²) in [5, 5.41) is 3.24. The molecule has 11 heteroatoms. The second-order valence-corrected chi connectivity index (χ2v) is 7.91. The fourth-order valence-electron chi connectivity index (χ4n) is 2.17. The van der Waals surface area contributed by atoms with Crippen molar-refractivity contribution in [1.29, 1.82) is 0 Å². The van der Waals surface area contributed by atoms with Crippen LogP contribution in [0.1, 0.15) is 16.2 Å². The Kier molecular flexibility index (Phi) is 5.02. The minimum Gasteiger partial charge on any atom is -0.329 e. The average Bonchev–Trinajstić information content (AvgIpc) is 3.12. The van der Waals surface area contributed by atoms with Crippen LogP contribution in [-0.2, 0) is 15.9 Å². The zero-order valence-electron chi connectivity index (χ0n) is 14.1. The van der Waals surface area contributed by atoms with Crippen molar-refractivity contribution >= 4 is 15.6 Å². The Morgan fingerprint density at radius 2 is 1.68 bits per heavy atom. The van der Waals surface area contributed by atoms with Gasteiger partial charge in [-0.05, 0) is 36.4 Å². The molecular weight excluding hydrogens is 402 g/mol. The Morgan fingerprint density at radius 3 is 2.21 bits per heavy atom. The van der Waals surface area contributed by atoms with E-state index in [-0.39, 0.29) is 21.8 Å². The molecule has 0 aliphatic rings. The van der Waals surface area contributed by atoms with E-state index in [9.17, 15) is 26.6 Å². The molecule has 6 nitrogen and oxygen atoms in total. The summed E-state index contributed by atoms with van der Waals surface area (Å²) in [6, 6.07) is 9.93. The van der Waals surface area contributed by atoms with Crippen LogP contribution < -0.4 is 0 Å². The van der Waals surface area contributed by atoms with E-state index in [2.05, 4.69) is 19.0 Å². The first-order valence-electron chi connectivity index (χ1n) is 7.60. The topological polar surface area (TPSA) is 85.4 Å². The third-order valence-corrected chi connectivity index (χ3v) is 5.23. The molecule has 0 saturated heterocycles. The summed E-state index contributed by atoms with van der Waals surface area (Å²) >= 11 is 0. The molecule has 0 spiro atoms. The summed E-state index contributed by atoms with van der Waals surface area (Å²) in [6.07, 6.45) is -3.52. The van der Waals surface area contributed by atoms with Gasteiger partial charge in [0.05, 0.1) is 9.73 Å². The number of amides is 1. The molecule has 0 bridgehead atoms. The fraction of sp³-hybridized carbons (Fsp3) is 0.118. The number of carbonyl (C=O) groups excluding carboxylic acids is 1. The molecule has 0 aliphatic carbocycles. The van der Waals surface area contributed by atoms with Gasteiger partial charge in [0, 0.05) is 22.3 Å². The Hall–Kier alpha value is -3.08. The number of hydrogen-bond acceptors (Lipinski definition) is 5. The third kappa shape index (κ3) is 4.25. The van der Waals surface area contributed by atoms with Crippen LogP contribution in [0.15, 0.2) is 62.3 Å². The van der Waals surface area contributed by atoms with Crippen molar-refractivity contribution in [2.75, 3.05) is 6.26 Å². The fourth-order valence-corrected chi connectivity index (χ4v) is 3.34. The van der Waals surface area contributed by atoms with E-state index in [1.165, 1.54) is 42.7 Å². The minimum absolute atomic E-state index is 0.0555. The molecule has 1 heterocycles. The van der Waals surface area contributed by atoms with Crippen molar-refractivity contribution < 1.29 is 31.1 Å². The molecule has 1 aromatic heterocycles. The number of alkyl halides is 3. The molecule has 2 aromatic carbocycles. The third-order valence-electron chi connectivity index (χ3n) is 3.57. The molecule has 0 N–H and O–H groups in total. The summed E-state index contributed by atoms with van der Waals surface area (Å²) in [6.45, 7) is 0. The molecule has 28 heavy (non-hydrogen) atoms. The predicted molar refractivity (Wildman–Crippen MR) is 90.2 cm³/mol. The summed E-state index contributed by atoms with van der Waals surface area (Å²) < 4.78 is 70.9. The van der Waals surface area contributed by atoms with E-state index < -0.39 is 33.5 Å². The highest BCUT2D eigenvalue weighted by atomic mass is 32.2. The highest BCUT2D eigenvalue weighted by molar-refractivity contribution is 7.93. The van der Waals surface area contributed by atoms with Gasteiger partial charge in [-0.2, -0.15) is 22.5 Å². The Bertz CT molecular complexity index is 1130.